The van der Waals surface area contributed by atoms with E-state index in [1.54, 1.807) is 12.1 Å². The first kappa shape index (κ1) is 18.0. The van der Waals surface area contributed by atoms with Crippen LogP contribution >= 0.6 is 0 Å². The van der Waals surface area contributed by atoms with Gasteiger partial charge < -0.3 is 21.5 Å². The lowest BCUT2D eigenvalue weighted by atomic mass is 10.2. The van der Waals surface area contributed by atoms with Gasteiger partial charge in [0.15, 0.2) is 0 Å². The van der Waals surface area contributed by atoms with Crippen molar-refractivity contribution < 1.29 is 9.53 Å². The van der Waals surface area contributed by atoms with Crippen molar-refractivity contribution in [3.63, 3.8) is 0 Å². The minimum Gasteiger partial charge on any atom is -0.448 e. The van der Waals surface area contributed by atoms with Crippen molar-refractivity contribution in [2.75, 3.05) is 25.0 Å². The third-order valence-electron chi connectivity index (χ3n) is 3.09. The van der Waals surface area contributed by atoms with Gasteiger partial charge in [-0.05, 0) is 30.7 Å². The molecule has 0 radical (unpaired) electrons. The van der Waals surface area contributed by atoms with Gasteiger partial charge >= 0.3 is 6.09 Å². The molecule has 6 nitrogen and oxygen atoms in total. The fourth-order valence-corrected chi connectivity index (χ4v) is 1.86. The highest BCUT2D eigenvalue weighted by Crippen LogP contribution is 2.09. The lowest BCUT2D eigenvalue weighted by molar-refractivity contribution is 0.155. The normalized spacial score (nSPS) is 11.3. The molecule has 0 spiro atoms. The number of hydrogen-bond acceptors (Lipinski definition) is 4. The van der Waals surface area contributed by atoms with Gasteiger partial charge in [0.1, 0.15) is 5.84 Å². The SMILES string of the molecule is CCCCCCOC(=O)N=C(N)c1ccc(NCCN)cc1. The van der Waals surface area contributed by atoms with E-state index in [4.69, 9.17) is 16.2 Å². The number of hydrogen-bond donors (Lipinski definition) is 3. The molecule has 0 saturated heterocycles. The summed E-state index contributed by atoms with van der Waals surface area (Å²) in [6.45, 7) is 3.79. The largest absolute Gasteiger partial charge is 0.448 e. The van der Waals surface area contributed by atoms with E-state index in [-0.39, 0.29) is 5.84 Å². The zero-order valence-corrected chi connectivity index (χ0v) is 13.2. The van der Waals surface area contributed by atoms with E-state index in [0.717, 1.165) is 31.4 Å². The quantitative estimate of drug-likeness (QED) is 0.369. The van der Waals surface area contributed by atoms with Crippen LogP contribution in [0.2, 0.25) is 0 Å². The molecule has 1 aromatic carbocycles. The zero-order valence-electron chi connectivity index (χ0n) is 13.2. The van der Waals surface area contributed by atoms with Crippen molar-refractivity contribution in [1.29, 1.82) is 0 Å². The number of benzene rings is 1. The van der Waals surface area contributed by atoms with E-state index in [9.17, 15) is 4.79 Å². The molecule has 0 bridgehead atoms. The van der Waals surface area contributed by atoms with Crippen LogP contribution in [0, 0.1) is 0 Å². The minimum atomic E-state index is -0.640. The van der Waals surface area contributed by atoms with Crippen LogP contribution in [-0.2, 0) is 4.74 Å². The predicted octanol–water partition coefficient (Wildman–Crippen LogP) is 2.48. The maximum absolute atomic E-state index is 11.6. The van der Waals surface area contributed by atoms with Gasteiger partial charge in [0, 0.05) is 24.3 Å². The summed E-state index contributed by atoms with van der Waals surface area (Å²) in [6, 6.07) is 7.32. The molecule has 1 amide bonds. The van der Waals surface area contributed by atoms with Crippen molar-refractivity contribution in [1.82, 2.24) is 0 Å². The van der Waals surface area contributed by atoms with Crippen LogP contribution in [0.1, 0.15) is 38.2 Å². The summed E-state index contributed by atoms with van der Waals surface area (Å²) in [6.07, 6.45) is 3.57. The first-order chi connectivity index (χ1) is 10.7. The maximum Gasteiger partial charge on any atom is 0.435 e. The smallest absolute Gasteiger partial charge is 0.435 e. The number of nitrogens with zero attached hydrogens (tertiary/aromatic N) is 1. The molecule has 1 aromatic rings. The number of carbonyl (C=O) groups excluding carboxylic acids is 1. The highest BCUT2D eigenvalue weighted by molar-refractivity contribution is 6.02. The molecule has 0 heterocycles. The number of amides is 1. The Morgan fingerprint density at radius 2 is 1.95 bits per heavy atom. The third-order valence-corrected chi connectivity index (χ3v) is 3.09. The molecule has 0 fully saturated rings. The highest BCUT2D eigenvalue weighted by atomic mass is 16.5. The third kappa shape index (κ3) is 7.08. The molecule has 0 aliphatic rings. The van der Waals surface area contributed by atoms with Crippen molar-refractivity contribution >= 4 is 17.6 Å². The molecule has 0 aromatic heterocycles. The summed E-state index contributed by atoms with van der Waals surface area (Å²) in [5.41, 5.74) is 12.9. The summed E-state index contributed by atoms with van der Waals surface area (Å²) in [5.74, 6) is 0.156. The lowest BCUT2D eigenvalue weighted by Gasteiger charge is -2.06. The molecule has 0 aliphatic carbocycles. The Hall–Kier alpha value is -2.08. The van der Waals surface area contributed by atoms with E-state index >= 15 is 0 Å². The Morgan fingerprint density at radius 3 is 2.59 bits per heavy atom. The van der Waals surface area contributed by atoms with E-state index < -0.39 is 6.09 Å². The summed E-state index contributed by atoms with van der Waals surface area (Å²) < 4.78 is 5.02. The zero-order chi connectivity index (χ0) is 16.2. The van der Waals surface area contributed by atoms with Crippen LogP contribution in [-0.4, -0.2) is 31.6 Å². The van der Waals surface area contributed by atoms with Crippen molar-refractivity contribution in [2.24, 2.45) is 16.5 Å². The monoisotopic (exact) mass is 306 g/mol. The molecule has 6 heteroatoms. The molecular weight excluding hydrogens is 280 g/mol. The molecule has 122 valence electrons. The van der Waals surface area contributed by atoms with E-state index in [2.05, 4.69) is 17.2 Å². The summed E-state index contributed by atoms with van der Waals surface area (Å²) >= 11 is 0. The number of nitrogens with two attached hydrogens (primary N) is 2. The van der Waals surface area contributed by atoms with Gasteiger partial charge in [-0.25, -0.2) is 4.79 Å². The van der Waals surface area contributed by atoms with Gasteiger partial charge in [-0.1, -0.05) is 26.2 Å². The Labute approximate surface area is 131 Å². The number of rotatable bonds is 9. The Morgan fingerprint density at radius 1 is 1.23 bits per heavy atom. The summed E-state index contributed by atoms with van der Waals surface area (Å²) in [7, 11) is 0. The van der Waals surface area contributed by atoms with E-state index in [0.29, 0.717) is 25.3 Å². The fourth-order valence-electron chi connectivity index (χ4n) is 1.86. The number of ether oxygens (including phenoxy) is 1. The van der Waals surface area contributed by atoms with Crippen LogP contribution in [0.25, 0.3) is 0 Å². The van der Waals surface area contributed by atoms with Crippen molar-refractivity contribution in [3.8, 4) is 0 Å². The van der Waals surface area contributed by atoms with Gasteiger partial charge in [-0.2, -0.15) is 4.99 Å². The van der Waals surface area contributed by atoms with Crippen LogP contribution < -0.4 is 16.8 Å². The molecular formula is C16H26N4O2. The summed E-state index contributed by atoms with van der Waals surface area (Å²) in [5, 5.41) is 3.15. The van der Waals surface area contributed by atoms with Gasteiger partial charge in [0.2, 0.25) is 0 Å². The standard InChI is InChI=1S/C16H26N4O2/c1-2-3-4-5-12-22-16(21)20-15(18)13-6-8-14(9-7-13)19-11-10-17/h6-9,19H,2-5,10-12,17H2,1H3,(H2,18,20,21). The van der Waals surface area contributed by atoms with Gasteiger partial charge in [0.25, 0.3) is 0 Å². The van der Waals surface area contributed by atoms with Gasteiger partial charge in [-0.15, -0.1) is 0 Å². The topological polar surface area (TPSA) is 103 Å². The van der Waals surface area contributed by atoms with Crippen LogP contribution in [0.5, 0.6) is 0 Å². The van der Waals surface area contributed by atoms with Crippen LogP contribution in [0.4, 0.5) is 10.5 Å². The molecule has 5 N–H and O–H groups in total. The first-order valence-electron chi connectivity index (χ1n) is 7.72. The second-order valence-electron chi connectivity index (χ2n) is 4.96. The highest BCUT2D eigenvalue weighted by Gasteiger charge is 2.04. The number of amidine groups is 1. The average molecular weight is 306 g/mol. The lowest BCUT2D eigenvalue weighted by Crippen LogP contribution is -2.17. The van der Waals surface area contributed by atoms with Gasteiger partial charge in [0.05, 0.1) is 6.61 Å². The molecule has 0 saturated carbocycles. The number of carbonyl (C=O) groups is 1. The second kappa shape index (κ2) is 10.6. The molecule has 1 rings (SSSR count). The Balaban J connectivity index is 2.44. The summed E-state index contributed by atoms with van der Waals surface area (Å²) in [4.78, 5) is 15.3. The fraction of sp³-hybridized carbons (Fsp3) is 0.500. The second-order valence-corrected chi connectivity index (χ2v) is 4.96. The Bertz CT molecular complexity index is 472. The van der Waals surface area contributed by atoms with Crippen LogP contribution in [0.15, 0.2) is 29.3 Å². The number of aliphatic imine (C=N–C) groups is 1. The Kier molecular flexibility index (Phi) is 8.67. The molecule has 22 heavy (non-hydrogen) atoms. The van der Waals surface area contributed by atoms with Crippen LogP contribution in [0.3, 0.4) is 0 Å². The number of nitrogens with one attached hydrogen (secondary N) is 1. The minimum absolute atomic E-state index is 0.156. The number of unbranched alkanes of at least 4 members (excludes halogenated alkanes) is 3. The van der Waals surface area contributed by atoms with E-state index in [1.807, 2.05) is 12.1 Å². The van der Waals surface area contributed by atoms with Gasteiger partial charge in [-0.3, -0.25) is 0 Å². The maximum atomic E-state index is 11.6. The molecule has 0 atom stereocenters. The molecule has 0 aliphatic heterocycles. The van der Waals surface area contributed by atoms with Crippen molar-refractivity contribution in [2.45, 2.75) is 32.6 Å². The molecule has 0 unspecified atom stereocenters. The average Bonchev–Trinajstić information content (AvgIpc) is 2.53. The van der Waals surface area contributed by atoms with E-state index in [1.165, 1.54) is 0 Å². The number of anilines is 1. The van der Waals surface area contributed by atoms with Crippen molar-refractivity contribution in [3.05, 3.63) is 29.8 Å². The first-order valence-corrected chi connectivity index (χ1v) is 7.72. The predicted molar refractivity (Wildman–Crippen MR) is 90.2 cm³/mol.